The largest absolute Gasteiger partial charge is 0.334 e. The summed E-state index contributed by atoms with van der Waals surface area (Å²) in [6, 6.07) is 10.2. The lowest BCUT2D eigenvalue weighted by atomic mass is 9.89. The number of nitrogens with two attached hydrogens (primary N) is 1. The minimum Gasteiger partial charge on any atom is -0.334 e. The van der Waals surface area contributed by atoms with Gasteiger partial charge >= 0.3 is 6.03 Å². The third kappa shape index (κ3) is 3.73. The molecule has 0 aromatic heterocycles. The van der Waals surface area contributed by atoms with Crippen molar-refractivity contribution in [3.05, 3.63) is 35.9 Å². The molecule has 2 unspecified atom stereocenters. The summed E-state index contributed by atoms with van der Waals surface area (Å²) in [4.78, 5) is 14.2. The quantitative estimate of drug-likeness (QED) is 0.886. The normalized spacial score (nSPS) is 22.6. The molecular weight excluding hydrogens is 250 g/mol. The van der Waals surface area contributed by atoms with Crippen LogP contribution in [0.4, 0.5) is 4.79 Å². The van der Waals surface area contributed by atoms with Gasteiger partial charge in [0.05, 0.1) is 0 Å². The zero-order valence-corrected chi connectivity index (χ0v) is 12.2. The van der Waals surface area contributed by atoms with Crippen molar-refractivity contribution in [2.24, 2.45) is 11.7 Å². The first kappa shape index (κ1) is 14.9. The number of benzene rings is 1. The Hall–Kier alpha value is -1.55. The van der Waals surface area contributed by atoms with Gasteiger partial charge in [0.15, 0.2) is 0 Å². The van der Waals surface area contributed by atoms with Crippen LogP contribution >= 0.6 is 0 Å². The Labute approximate surface area is 121 Å². The van der Waals surface area contributed by atoms with Gasteiger partial charge in [0.1, 0.15) is 0 Å². The van der Waals surface area contributed by atoms with Crippen LogP contribution < -0.4 is 11.1 Å². The SMILES string of the molecule is CCC1CCN(C(=O)NCc2ccccc2)C(CN)C1. The average Bonchev–Trinajstić information content (AvgIpc) is 2.52. The summed E-state index contributed by atoms with van der Waals surface area (Å²) in [5.41, 5.74) is 6.95. The maximum absolute atomic E-state index is 12.3. The molecule has 0 bridgehead atoms. The molecule has 2 rings (SSSR count). The van der Waals surface area contributed by atoms with E-state index in [4.69, 9.17) is 5.73 Å². The van der Waals surface area contributed by atoms with Crippen LogP contribution in [0.5, 0.6) is 0 Å². The van der Waals surface area contributed by atoms with Gasteiger partial charge in [-0.25, -0.2) is 4.79 Å². The number of urea groups is 1. The Kier molecular flexibility index (Phi) is 5.41. The van der Waals surface area contributed by atoms with Gasteiger partial charge in [-0.3, -0.25) is 0 Å². The summed E-state index contributed by atoms with van der Waals surface area (Å²) in [5.74, 6) is 0.710. The van der Waals surface area contributed by atoms with Crippen LogP contribution in [-0.2, 0) is 6.54 Å². The van der Waals surface area contributed by atoms with Crippen molar-refractivity contribution >= 4 is 6.03 Å². The van der Waals surface area contributed by atoms with Crippen molar-refractivity contribution in [3.63, 3.8) is 0 Å². The van der Waals surface area contributed by atoms with Crippen molar-refractivity contribution in [2.75, 3.05) is 13.1 Å². The van der Waals surface area contributed by atoms with E-state index in [0.717, 1.165) is 24.9 Å². The number of piperidine rings is 1. The van der Waals surface area contributed by atoms with Gasteiger partial charge in [-0.2, -0.15) is 0 Å². The predicted molar refractivity (Wildman–Crippen MR) is 81.2 cm³/mol. The van der Waals surface area contributed by atoms with E-state index in [1.807, 2.05) is 35.2 Å². The standard InChI is InChI=1S/C16H25N3O/c1-2-13-8-9-19(15(10-13)11-17)16(20)18-12-14-6-4-3-5-7-14/h3-7,13,15H,2,8-12,17H2,1H3,(H,18,20). The van der Waals surface area contributed by atoms with Crippen molar-refractivity contribution in [3.8, 4) is 0 Å². The maximum Gasteiger partial charge on any atom is 0.317 e. The lowest BCUT2D eigenvalue weighted by molar-refractivity contribution is 0.128. The number of hydrogen-bond donors (Lipinski definition) is 2. The highest BCUT2D eigenvalue weighted by atomic mass is 16.2. The number of carbonyl (C=O) groups excluding carboxylic acids is 1. The van der Waals surface area contributed by atoms with Crippen LogP contribution in [0.1, 0.15) is 31.7 Å². The summed E-state index contributed by atoms with van der Waals surface area (Å²) in [6.07, 6.45) is 3.30. The molecule has 1 aromatic rings. The fourth-order valence-corrected chi connectivity index (χ4v) is 2.87. The van der Waals surface area contributed by atoms with Crippen LogP contribution in [0, 0.1) is 5.92 Å². The molecule has 0 saturated carbocycles. The molecule has 0 radical (unpaired) electrons. The number of rotatable bonds is 4. The van der Waals surface area contributed by atoms with Crippen LogP contribution in [0.25, 0.3) is 0 Å². The second-order valence-electron chi connectivity index (χ2n) is 5.53. The fraction of sp³-hybridized carbons (Fsp3) is 0.562. The van der Waals surface area contributed by atoms with Gasteiger partial charge in [0.2, 0.25) is 0 Å². The first-order valence-electron chi connectivity index (χ1n) is 7.53. The maximum atomic E-state index is 12.3. The smallest absolute Gasteiger partial charge is 0.317 e. The van der Waals surface area contributed by atoms with E-state index >= 15 is 0 Å². The first-order valence-corrected chi connectivity index (χ1v) is 7.53. The average molecular weight is 275 g/mol. The van der Waals surface area contributed by atoms with Crippen LogP contribution in [0.2, 0.25) is 0 Å². The Morgan fingerprint density at radius 2 is 2.15 bits per heavy atom. The number of nitrogens with zero attached hydrogens (tertiary/aromatic N) is 1. The van der Waals surface area contributed by atoms with Gasteiger partial charge in [0.25, 0.3) is 0 Å². The van der Waals surface area contributed by atoms with Crippen molar-refractivity contribution in [2.45, 2.75) is 38.8 Å². The number of amides is 2. The van der Waals surface area contributed by atoms with Crippen molar-refractivity contribution in [1.29, 1.82) is 0 Å². The molecule has 4 nitrogen and oxygen atoms in total. The van der Waals surface area contributed by atoms with Gasteiger partial charge < -0.3 is 16.0 Å². The summed E-state index contributed by atoms with van der Waals surface area (Å²) in [7, 11) is 0. The third-order valence-corrected chi connectivity index (χ3v) is 4.22. The lowest BCUT2D eigenvalue weighted by Crippen LogP contribution is -2.52. The zero-order valence-electron chi connectivity index (χ0n) is 12.2. The second-order valence-corrected chi connectivity index (χ2v) is 5.53. The molecule has 4 heteroatoms. The zero-order chi connectivity index (χ0) is 14.4. The van der Waals surface area contributed by atoms with E-state index in [1.165, 1.54) is 6.42 Å². The van der Waals surface area contributed by atoms with Crippen LogP contribution in [0.3, 0.4) is 0 Å². The minimum absolute atomic E-state index is 0.0128. The predicted octanol–water partition coefficient (Wildman–Crippen LogP) is 2.35. The molecule has 1 heterocycles. The van der Waals surface area contributed by atoms with Gasteiger partial charge in [-0.15, -0.1) is 0 Å². The second kappa shape index (κ2) is 7.29. The molecule has 3 N–H and O–H groups in total. The molecule has 1 aromatic carbocycles. The van der Waals surface area contributed by atoms with E-state index in [1.54, 1.807) is 0 Å². The number of hydrogen-bond acceptors (Lipinski definition) is 2. The Bertz CT molecular complexity index is 421. The summed E-state index contributed by atoms with van der Waals surface area (Å²) < 4.78 is 0. The Morgan fingerprint density at radius 3 is 2.80 bits per heavy atom. The fourth-order valence-electron chi connectivity index (χ4n) is 2.87. The highest BCUT2D eigenvalue weighted by Crippen LogP contribution is 2.24. The highest BCUT2D eigenvalue weighted by molar-refractivity contribution is 5.74. The lowest BCUT2D eigenvalue weighted by Gasteiger charge is -2.38. The summed E-state index contributed by atoms with van der Waals surface area (Å²) in [6.45, 7) is 4.16. The van der Waals surface area contributed by atoms with Gasteiger partial charge in [-0.05, 0) is 24.3 Å². The molecule has 0 aliphatic carbocycles. The van der Waals surface area contributed by atoms with E-state index in [9.17, 15) is 4.79 Å². The minimum atomic E-state index is 0.0128. The monoisotopic (exact) mass is 275 g/mol. The molecule has 2 atom stereocenters. The van der Waals surface area contributed by atoms with Gasteiger partial charge in [0, 0.05) is 25.7 Å². The molecule has 1 saturated heterocycles. The molecule has 1 fully saturated rings. The molecule has 1 aliphatic heterocycles. The van der Waals surface area contributed by atoms with E-state index in [-0.39, 0.29) is 12.1 Å². The van der Waals surface area contributed by atoms with Crippen LogP contribution in [0.15, 0.2) is 30.3 Å². The first-order chi connectivity index (χ1) is 9.74. The molecule has 1 aliphatic rings. The molecule has 110 valence electrons. The van der Waals surface area contributed by atoms with Crippen molar-refractivity contribution < 1.29 is 4.79 Å². The Morgan fingerprint density at radius 1 is 1.40 bits per heavy atom. The summed E-state index contributed by atoms with van der Waals surface area (Å²) in [5, 5.41) is 3.00. The molecule has 20 heavy (non-hydrogen) atoms. The van der Waals surface area contributed by atoms with Gasteiger partial charge in [-0.1, -0.05) is 43.7 Å². The number of likely N-dealkylation sites (tertiary alicyclic amines) is 1. The van der Waals surface area contributed by atoms with Crippen molar-refractivity contribution in [1.82, 2.24) is 10.2 Å². The molecule has 0 spiro atoms. The third-order valence-electron chi connectivity index (χ3n) is 4.22. The number of nitrogens with one attached hydrogen (secondary N) is 1. The number of carbonyl (C=O) groups is 1. The van der Waals surface area contributed by atoms with E-state index in [0.29, 0.717) is 19.0 Å². The topological polar surface area (TPSA) is 58.4 Å². The van der Waals surface area contributed by atoms with E-state index in [2.05, 4.69) is 12.2 Å². The van der Waals surface area contributed by atoms with E-state index < -0.39 is 0 Å². The summed E-state index contributed by atoms with van der Waals surface area (Å²) >= 11 is 0. The highest BCUT2D eigenvalue weighted by Gasteiger charge is 2.29. The Balaban J connectivity index is 1.88. The van der Waals surface area contributed by atoms with Crippen LogP contribution in [-0.4, -0.2) is 30.1 Å². The molecule has 2 amide bonds. The molecular formula is C16H25N3O.